The topological polar surface area (TPSA) is 61.4 Å². The van der Waals surface area contributed by atoms with Crippen molar-refractivity contribution < 1.29 is 9.59 Å². The van der Waals surface area contributed by atoms with E-state index in [1.54, 1.807) is 12.1 Å². The van der Waals surface area contributed by atoms with Gasteiger partial charge in [0, 0.05) is 25.6 Å². The van der Waals surface area contributed by atoms with E-state index in [0.29, 0.717) is 27.7 Å². The Morgan fingerprint density at radius 3 is 2.38 bits per heavy atom. The predicted octanol–water partition coefficient (Wildman–Crippen LogP) is 3.93. The molecule has 3 aliphatic rings. The number of hydrogen-bond donors (Lipinski definition) is 2. The summed E-state index contributed by atoms with van der Waals surface area (Å²) >= 11 is 7.12. The van der Waals surface area contributed by atoms with Crippen molar-refractivity contribution in [1.82, 2.24) is 15.5 Å². The number of carbonyl (C=O) groups excluding carboxylic acids is 2. The first-order valence-corrected chi connectivity index (χ1v) is 12.3. The minimum absolute atomic E-state index is 0.135. The third-order valence-corrected chi connectivity index (χ3v) is 8.33. The molecule has 7 heteroatoms. The van der Waals surface area contributed by atoms with Gasteiger partial charge in [0.15, 0.2) is 0 Å². The number of thiophene rings is 1. The van der Waals surface area contributed by atoms with Crippen LogP contribution in [0.4, 0.5) is 0 Å². The fraction of sp³-hybridized carbons (Fsp3) is 0.727. The molecule has 2 heterocycles. The van der Waals surface area contributed by atoms with Crippen LogP contribution in [0.25, 0.3) is 0 Å². The number of amides is 2. The first-order valence-electron chi connectivity index (χ1n) is 11.1. The Balaban J connectivity index is 1.13. The van der Waals surface area contributed by atoms with Crippen molar-refractivity contribution in [1.29, 1.82) is 0 Å². The summed E-state index contributed by atoms with van der Waals surface area (Å²) in [6.07, 6.45) is 9.93. The largest absolute Gasteiger partial charge is 0.354 e. The van der Waals surface area contributed by atoms with Gasteiger partial charge < -0.3 is 15.5 Å². The summed E-state index contributed by atoms with van der Waals surface area (Å²) in [5.74, 6) is 0.968. The lowest BCUT2D eigenvalue weighted by Crippen LogP contribution is -2.40. The minimum atomic E-state index is -0.135. The van der Waals surface area contributed by atoms with E-state index >= 15 is 0 Å². The van der Waals surface area contributed by atoms with Crippen LogP contribution in [0, 0.1) is 17.3 Å². The lowest BCUT2D eigenvalue weighted by Gasteiger charge is -2.35. The normalized spacial score (nSPS) is 26.2. The van der Waals surface area contributed by atoms with Crippen LogP contribution in [0.3, 0.4) is 0 Å². The molecule has 0 unspecified atom stereocenters. The van der Waals surface area contributed by atoms with Crippen LogP contribution in [-0.2, 0) is 4.79 Å². The smallest absolute Gasteiger partial charge is 0.261 e. The van der Waals surface area contributed by atoms with Gasteiger partial charge in [-0.2, -0.15) is 0 Å². The molecule has 2 amide bonds. The maximum Gasteiger partial charge on any atom is 0.261 e. The van der Waals surface area contributed by atoms with Gasteiger partial charge in [-0.1, -0.05) is 11.6 Å². The first kappa shape index (κ1) is 21.1. The highest BCUT2D eigenvalue weighted by molar-refractivity contribution is 7.17. The van der Waals surface area contributed by atoms with Crippen LogP contribution >= 0.6 is 22.9 Å². The number of likely N-dealkylation sites (tertiary alicyclic amines) is 1. The summed E-state index contributed by atoms with van der Waals surface area (Å²) in [4.78, 5) is 27.8. The minimum Gasteiger partial charge on any atom is -0.354 e. The van der Waals surface area contributed by atoms with Crippen LogP contribution in [0.5, 0.6) is 0 Å². The molecule has 0 aromatic carbocycles. The molecule has 1 aromatic rings. The molecule has 5 nitrogen and oxygen atoms in total. The highest BCUT2D eigenvalue weighted by Crippen LogP contribution is 2.57. The molecule has 160 valence electrons. The second-order valence-corrected chi connectivity index (χ2v) is 10.8. The van der Waals surface area contributed by atoms with Gasteiger partial charge in [0.05, 0.1) is 9.21 Å². The van der Waals surface area contributed by atoms with Gasteiger partial charge in [0.1, 0.15) is 0 Å². The molecule has 2 aliphatic carbocycles. The highest BCUT2D eigenvalue weighted by atomic mass is 35.5. The monoisotopic (exact) mass is 437 g/mol. The van der Waals surface area contributed by atoms with Crippen molar-refractivity contribution in [3.05, 3.63) is 21.3 Å². The molecule has 4 rings (SSSR count). The van der Waals surface area contributed by atoms with Crippen molar-refractivity contribution in [2.24, 2.45) is 17.3 Å². The van der Waals surface area contributed by atoms with E-state index in [1.165, 1.54) is 69.5 Å². The summed E-state index contributed by atoms with van der Waals surface area (Å²) in [5.41, 5.74) is 0.570. The summed E-state index contributed by atoms with van der Waals surface area (Å²) in [6.45, 7) is 4.78. The average molecular weight is 438 g/mol. The van der Waals surface area contributed by atoms with Gasteiger partial charge >= 0.3 is 0 Å². The van der Waals surface area contributed by atoms with E-state index in [-0.39, 0.29) is 17.7 Å². The predicted molar refractivity (Wildman–Crippen MR) is 117 cm³/mol. The highest BCUT2D eigenvalue weighted by Gasteiger charge is 2.50. The molecule has 0 radical (unpaired) electrons. The van der Waals surface area contributed by atoms with E-state index in [4.69, 9.17) is 11.6 Å². The van der Waals surface area contributed by atoms with Gasteiger partial charge in [-0.05, 0) is 87.9 Å². The molecule has 0 atom stereocenters. The molecule has 0 spiro atoms. The third kappa shape index (κ3) is 5.33. The molecule has 29 heavy (non-hydrogen) atoms. The van der Waals surface area contributed by atoms with Crippen molar-refractivity contribution in [2.45, 2.75) is 51.4 Å². The van der Waals surface area contributed by atoms with Crippen molar-refractivity contribution in [2.75, 3.05) is 32.7 Å². The molecular weight excluding hydrogens is 406 g/mol. The SMILES string of the molecule is O=C(NCCNC(=O)C1CCC(C2(CN3CCCC3)CC2)CC1)c1ccc(Cl)s1. The Hall–Kier alpha value is -1.11. The van der Waals surface area contributed by atoms with Gasteiger partial charge in [-0.25, -0.2) is 0 Å². The number of nitrogens with one attached hydrogen (secondary N) is 2. The molecule has 2 saturated carbocycles. The van der Waals surface area contributed by atoms with E-state index in [0.717, 1.165) is 18.8 Å². The van der Waals surface area contributed by atoms with E-state index in [2.05, 4.69) is 15.5 Å². The Kier molecular flexibility index (Phi) is 6.82. The van der Waals surface area contributed by atoms with E-state index < -0.39 is 0 Å². The van der Waals surface area contributed by atoms with Crippen LogP contribution in [0.15, 0.2) is 12.1 Å². The number of rotatable bonds is 8. The third-order valence-electron chi connectivity index (χ3n) is 7.10. The van der Waals surface area contributed by atoms with Gasteiger partial charge in [-0.15, -0.1) is 11.3 Å². The number of hydrogen-bond acceptors (Lipinski definition) is 4. The van der Waals surface area contributed by atoms with Crippen molar-refractivity contribution in [3.63, 3.8) is 0 Å². The standard InChI is InChI=1S/C22H32ClN3O2S/c23-19-8-7-18(29-19)21(28)25-12-11-24-20(27)16-3-5-17(6-4-16)22(9-10-22)15-26-13-1-2-14-26/h7-8,16-17H,1-6,9-15H2,(H,24,27)(H,25,28). The number of halogens is 1. The second-order valence-electron chi connectivity index (χ2n) is 9.04. The quantitative estimate of drug-likeness (QED) is 0.605. The molecule has 3 fully saturated rings. The molecule has 1 aliphatic heterocycles. The number of carbonyl (C=O) groups is 2. The van der Waals surface area contributed by atoms with Gasteiger partial charge in [0.25, 0.3) is 5.91 Å². The molecule has 1 aromatic heterocycles. The van der Waals surface area contributed by atoms with Crippen molar-refractivity contribution >= 4 is 34.8 Å². The van der Waals surface area contributed by atoms with Gasteiger partial charge in [0.2, 0.25) is 5.91 Å². The Morgan fingerprint density at radius 2 is 1.76 bits per heavy atom. The zero-order valence-electron chi connectivity index (χ0n) is 17.1. The summed E-state index contributed by atoms with van der Waals surface area (Å²) in [6, 6.07) is 3.44. The Morgan fingerprint density at radius 1 is 1.07 bits per heavy atom. The molecule has 1 saturated heterocycles. The second kappa shape index (κ2) is 9.36. The lowest BCUT2D eigenvalue weighted by atomic mass is 9.73. The maximum absolute atomic E-state index is 12.5. The van der Waals surface area contributed by atoms with Crippen LogP contribution in [-0.4, -0.2) is 49.4 Å². The Labute approximate surface area is 182 Å². The van der Waals surface area contributed by atoms with E-state index in [1.807, 2.05) is 0 Å². The summed E-state index contributed by atoms with van der Waals surface area (Å²) in [7, 11) is 0. The molecule has 2 N–H and O–H groups in total. The van der Waals surface area contributed by atoms with E-state index in [9.17, 15) is 9.59 Å². The Bertz CT molecular complexity index is 719. The van der Waals surface area contributed by atoms with Crippen molar-refractivity contribution in [3.8, 4) is 0 Å². The fourth-order valence-corrected chi connectivity index (χ4v) is 6.20. The van der Waals surface area contributed by atoms with Crippen LogP contribution in [0.1, 0.15) is 61.0 Å². The van der Waals surface area contributed by atoms with Crippen LogP contribution in [0.2, 0.25) is 4.34 Å². The molecular formula is C22H32ClN3O2S. The zero-order chi connectivity index (χ0) is 20.3. The number of nitrogens with zero attached hydrogens (tertiary/aromatic N) is 1. The molecule has 0 bridgehead atoms. The zero-order valence-corrected chi connectivity index (χ0v) is 18.6. The summed E-state index contributed by atoms with van der Waals surface area (Å²) in [5, 5.41) is 5.84. The average Bonchev–Trinajstić information content (AvgIpc) is 3.10. The van der Waals surface area contributed by atoms with Gasteiger partial charge in [-0.3, -0.25) is 9.59 Å². The first-order chi connectivity index (χ1) is 14.1. The maximum atomic E-state index is 12.5. The van der Waals surface area contributed by atoms with Crippen LogP contribution < -0.4 is 10.6 Å². The lowest BCUT2D eigenvalue weighted by molar-refractivity contribution is -0.126. The fourth-order valence-electron chi connectivity index (χ4n) is 5.24. The summed E-state index contributed by atoms with van der Waals surface area (Å²) < 4.78 is 0.604.